The number of aryl methyl sites for hydroxylation is 1. The Hall–Kier alpha value is -0.870. The molecule has 1 unspecified atom stereocenters. The zero-order valence-electron chi connectivity index (χ0n) is 11.4. The Bertz CT molecular complexity index is 482. The summed E-state index contributed by atoms with van der Waals surface area (Å²) >= 11 is 1.67. The molecule has 2 heterocycles. The summed E-state index contributed by atoms with van der Waals surface area (Å²) in [5, 5.41) is 9.34. The Balaban J connectivity index is 1.81. The highest BCUT2D eigenvalue weighted by Gasteiger charge is 2.30. The van der Waals surface area contributed by atoms with E-state index < -0.39 is 0 Å². The molecule has 1 saturated heterocycles. The van der Waals surface area contributed by atoms with Gasteiger partial charge in [-0.25, -0.2) is 0 Å². The Kier molecular flexibility index (Phi) is 3.63. The molecule has 1 aliphatic heterocycles. The van der Waals surface area contributed by atoms with Gasteiger partial charge < -0.3 is 10.0 Å². The summed E-state index contributed by atoms with van der Waals surface area (Å²) in [6.07, 6.45) is 5.42. The minimum atomic E-state index is 0.0329. The molecule has 3 nitrogen and oxygen atoms in total. The van der Waals surface area contributed by atoms with Gasteiger partial charge in [0.25, 0.3) is 5.91 Å². The van der Waals surface area contributed by atoms with E-state index in [0.717, 1.165) is 43.0 Å². The van der Waals surface area contributed by atoms with Crippen LogP contribution < -0.4 is 0 Å². The van der Waals surface area contributed by atoms with Crippen LogP contribution in [0, 0.1) is 5.92 Å². The van der Waals surface area contributed by atoms with Crippen molar-refractivity contribution < 1.29 is 9.90 Å². The van der Waals surface area contributed by atoms with E-state index in [1.54, 1.807) is 11.3 Å². The third-order valence-corrected chi connectivity index (χ3v) is 5.61. The third-order valence-electron chi connectivity index (χ3n) is 4.39. The van der Waals surface area contributed by atoms with Gasteiger partial charge >= 0.3 is 0 Å². The van der Waals surface area contributed by atoms with Crippen molar-refractivity contribution in [2.75, 3.05) is 13.2 Å². The van der Waals surface area contributed by atoms with Gasteiger partial charge in [-0.1, -0.05) is 6.92 Å². The lowest BCUT2D eigenvalue weighted by Gasteiger charge is -2.22. The summed E-state index contributed by atoms with van der Waals surface area (Å²) in [6, 6.07) is 2.13. The topological polar surface area (TPSA) is 40.5 Å². The number of fused-ring (bicyclic) bond motifs is 1. The van der Waals surface area contributed by atoms with Crippen molar-refractivity contribution in [2.24, 2.45) is 5.92 Å². The summed E-state index contributed by atoms with van der Waals surface area (Å²) in [6.45, 7) is 3.17. The maximum atomic E-state index is 12.5. The van der Waals surface area contributed by atoms with Gasteiger partial charge in [0.2, 0.25) is 0 Å². The van der Waals surface area contributed by atoms with Crippen molar-refractivity contribution in [1.82, 2.24) is 4.90 Å². The summed E-state index contributed by atoms with van der Waals surface area (Å²) in [7, 11) is 0. The van der Waals surface area contributed by atoms with Crippen LogP contribution in [0.25, 0.3) is 0 Å². The van der Waals surface area contributed by atoms with Crippen LogP contribution >= 0.6 is 11.3 Å². The molecule has 4 heteroatoms. The van der Waals surface area contributed by atoms with E-state index in [4.69, 9.17) is 0 Å². The van der Waals surface area contributed by atoms with Gasteiger partial charge in [-0.05, 0) is 49.7 Å². The first-order chi connectivity index (χ1) is 9.19. The number of thiophene rings is 1. The predicted molar refractivity (Wildman–Crippen MR) is 76.7 cm³/mol. The standard InChI is InChI=1S/C15H21NO2S/c1-10-4-5-13-11(7-10)8-14(19-13)15(18)16-6-2-3-12(16)9-17/h8,10,12,17H,2-7,9H2,1H3/t10?,12-/m1/s1. The molecular formula is C15H21NO2S. The van der Waals surface area contributed by atoms with E-state index in [9.17, 15) is 9.90 Å². The van der Waals surface area contributed by atoms with Crippen molar-refractivity contribution in [3.05, 3.63) is 21.4 Å². The number of rotatable bonds is 2. The molecular weight excluding hydrogens is 258 g/mol. The lowest BCUT2D eigenvalue weighted by atomic mass is 9.90. The predicted octanol–water partition coefficient (Wildman–Crippen LogP) is 2.47. The van der Waals surface area contributed by atoms with E-state index in [-0.39, 0.29) is 18.6 Å². The zero-order valence-corrected chi connectivity index (χ0v) is 12.2. The van der Waals surface area contributed by atoms with Crippen LogP contribution in [0.3, 0.4) is 0 Å². The number of hydrogen-bond donors (Lipinski definition) is 1. The van der Waals surface area contributed by atoms with Gasteiger partial charge in [0.05, 0.1) is 17.5 Å². The Morgan fingerprint density at radius 1 is 1.53 bits per heavy atom. The minimum Gasteiger partial charge on any atom is -0.394 e. The van der Waals surface area contributed by atoms with Crippen molar-refractivity contribution in [2.45, 2.75) is 45.1 Å². The van der Waals surface area contributed by atoms with Crippen LogP contribution in [0.4, 0.5) is 0 Å². The Labute approximate surface area is 118 Å². The highest BCUT2D eigenvalue weighted by atomic mass is 32.1. The van der Waals surface area contributed by atoms with Gasteiger partial charge in [0.15, 0.2) is 0 Å². The molecule has 1 N–H and O–H groups in total. The monoisotopic (exact) mass is 279 g/mol. The van der Waals surface area contributed by atoms with E-state index in [1.807, 2.05) is 4.90 Å². The quantitative estimate of drug-likeness (QED) is 0.903. The van der Waals surface area contributed by atoms with Crippen molar-refractivity contribution in [3.8, 4) is 0 Å². The second-order valence-electron chi connectivity index (χ2n) is 5.88. The number of aliphatic hydroxyl groups excluding tert-OH is 1. The fourth-order valence-electron chi connectivity index (χ4n) is 3.25. The van der Waals surface area contributed by atoms with Gasteiger partial charge in [-0.2, -0.15) is 0 Å². The number of hydrogen-bond acceptors (Lipinski definition) is 3. The summed E-state index contributed by atoms with van der Waals surface area (Å²) < 4.78 is 0. The number of nitrogens with zero attached hydrogens (tertiary/aromatic N) is 1. The number of carbonyl (C=O) groups is 1. The minimum absolute atomic E-state index is 0.0329. The lowest BCUT2D eigenvalue weighted by molar-refractivity contribution is 0.0682. The van der Waals surface area contributed by atoms with Crippen LogP contribution in [-0.2, 0) is 12.8 Å². The zero-order chi connectivity index (χ0) is 13.4. The average Bonchev–Trinajstić information content (AvgIpc) is 3.03. The van der Waals surface area contributed by atoms with Crippen LogP contribution in [-0.4, -0.2) is 35.1 Å². The van der Waals surface area contributed by atoms with Gasteiger partial charge in [0.1, 0.15) is 0 Å². The number of aliphatic hydroxyl groups is 1. The van der Waals surface area contributed by atoms with E-state index in [2.05, 4.69) is 13.0 Å². The molecule has 1 aromatic heterocycles. The molecule has 0 saturated carbocycles. The van der Waals surface area contributed by atoms with Crippen molar-refractivity contribution in [3.63, 3.8) is 0 Å². The summed E-state index contributed by atoms with van der Waals surface area (Å²) in [4.78, 5) is 16.7. The Morgan fingerprint density at radius 3 is 3.16 bits per heavy atom. The molecule has 1 amide bonds. The van der Waals surface area contributed by atoms with E-state index >= 15 is 0 Å². The van der Waals surface area contributed by atoms with Crippen molar-refractivity contribution >= 4 is 17.2 Å². The summed E-state index contributed by atoms with van der Waals surface area (Å²) in [5.74, 6) is 0.866. The highest BCUT2D eigenvalue weighted by molar-refractivity contribution is 7.14. The molecule has 1 aliphatic carbocycles. The molecule has 2 aliphatic rings. The first-order valence-corrected chi connectivity index (χ1v) is 8.04. The molecule has 19 heavy (non-hydrogen) atoms. The van der Waals surface area contributed by atoms with E-state index in [1.165, 1.54) is 16.9 Å². The first-order valence-electron chi connectivity index (χ1n) is 7.22. The molecule has 0 aromatic carbocycles. The molecule has 1 aromatic rings. The van der Waals surface area contributed by atoms with E-state index in [0.29, 0.717) is 0 Å². The molecule has 2 atom stereocenters. The molecule has 0 spiro atoms. The van der Waals surface area contributed by atoms with Gasteiger partial charge in [0, 0.05) is 11.4 Å². The van der Waals surface area contributed by atoms with Gasteiger partial charge in [-0.3, -0.25) is 4.79 Å². The third kappa shape index (κ3) is 2.43. The van der Waals surface area contributed by atoms with Crippen LogP contribution in [0.2, 0.25) is 0 Å². The lowest BCUT2D eigenvalue weighted by Crippen LogP contribution is -2.37. The number of amides is 1. The molecule has 0 radical (unpaired) electrons. The molecule has 3 rings (SSSR count). The number of likely N-dealkylation sites (tertiary alicyclic amines) is 1. The van der Waals surface area contributed by atoms with Crippen LogP contribution in [0.5, 0.6) is 0 Å². The SMILES string of the molecule is CC1CCc2sc(C(=O)N3CCC[C@@H]3CO)cc2C1. The summed E-state index contributed by atoms with van der Waals surface area (Å²) in [5.41, 5.74) is 1.38. The molecule has 104 valence electrons. The fourth-order valence-corrected chi connectivity index (χ4v) is 4.41. The maximum Gasteiger partial charge on any atom is 0.264 e. The largest absolute Gasteiger partial charge is 0.394 e. The second kappa shape index (κ2) is 5.25. The average molecular weight is 279 g/mol. The maximum absolute atomic E-state index is 12.5. The van der Waals surface area contributed by atoms with Gasteiger partial charge in [-0.15, -0.1) is 11.3 Å². The second-order valence-corrected chi connectivity index (χ2v) is 7.02. The first kappa shape index (κ1) is 13.1. The number of carbonyl (C=O) groups excluding carboxylic acids is 1. The molecule has 1 fully saturated rings. The smallest absolute Gasteiger partial charge is 0.264 e. The fraction of sp³-hybridized carbons (Fsp3) is 0.667. The Morgan fingerprint density at radius 2 is 2.37 bits per heavy atom. The highest BCUT2D eigenvalue weighted by Crippen LogP contribution is 2.33. The normalized spacial score (nSPS) is 26.5. The van der Waals surface area contributed by atoms with Crippen LogP contribution in [0.15, 0.2) is 6.07 Å². The molecule has 0 bridgehead atoms. The van der Waals surface area contributed by atoms with Crippen molar-refractivity contribution in [1.29, 1.82) is 0 Å². The van der Waals surface area contributed by atoms with Crippen LogP contribution in [0.1, 0.15) is 46.3 Å².